The van der Waals surface area contributed by atoms with Gasteiger partial charge in [-0.3, -0.25) is 15.2 Å². The first-order chi connectivity index (χ1) is 14.0. The third kappa shape index (κ3) is 4.39. The number of hydrogen-bond acceptors (Lipinski definition) is 5. The standard InChI is InChI=1S/C21H20N2O6/c1-2-11-28-17-10-6-9-15-18(17)16(12-23(21(26)27)19(15)20(24)25)22-29-13-14-7-4-3-5-8-14/h2-10,12,19,22H,1,11,13H2,(H,24,25)(H,26,27). The molecule has 3 rings (SSSR count). The predicted molar refractivity (Wildman–Crippen MR) is 105 cm³/mol. The van der Waals surface area contributed by atoms with E-state index in [-0.39, 0.29) is 24.5 Å². The molecule has 1 aliphatic rings. The lowest BCUT2D eigenvalue weighted by Gasteiger charge is -2.32. The van der Waals surface area contributed by atoms with Crippen LogP contribution in [0.4, 0.5) is 4.79 Å². The van der Waals surface area contributed by atoms with Crippen LogP contribution in [-0.2, 0) is 16.2 Å². The highest BCUT2D eigenvalue weighted by atomic mass is 16.6. The van der Waals surface area contributed by atoms with Crippen molar-refractivity contribution in [1.29, 1.82) is 0 Å². The van der Waals surface area contributed by atoms with Gasteiger partial charge in [0.2, 0.25) is 0 Å². The largest absolute Gasteiger partial charge is 0.489 e. The van der Waals surface area contributed by atoms with Gasteiger partial charge in [0.1, 0.15) is 12.4 Å². The second-order valence-corrected chi connectivity index (χ2v) is 6.17. The highest BCUT2D eigenvalue weighted by Crippen LogP contribution is 2.39. The van der Waals surface area contributed by atoms with Crippen LogP contribution < -0.4 is 10.2 Å². The Hall–Kier alpha value is -3.78. The number of nitrogens with zero attached hydrogens (tertiary/aromatic N) is 1. The number of fused-ring (bicyclic) bond motifs is 1. The van der Waals surface area contributed by atoms with Gasteiger partial charge in [-0.25, -0.2) is 9.59 Å². The first kappa shape index (κ1) is 20.0. The number of rotatable bonds is 8. The van der Waals surface area contributed by atoms with Crippen LogP contribution in [0.15, 0.2) is 67.4 Å². The zero-order chi connectivity index (χ0) is 20.8. The number of nitrogens with one attached hydrogen (secondary N) is 1. The molecule has 0 bridgehead atoms. The van der Waals surface area contributed by atoms with E-state index in [0.29, 0.717) is 11.3 Å². The molecule has 0 saturated carbocycles. The topological polar surface area (TPSA) is 108 Å². The molecule has 1 atom stereocenters. The summed E-state index contributed by atoms with van der Waals surface area (Å²) in [5.74, 6) is -0.907. The number of aliphatic carboxylic acids is 1. The summed E-state index contributed by atoms with van der Waals surface area (Å²) in [4.78, 5) is 29.8. The molecular weight excluding hydrogens is 376 g/mol. The van der Waals surface area contributed by atoms with Crippen LogP contribution >= 0.6 is 0 Å². The van der Waals surface area contributed by atoms with E-state index in [0.717, 1.165) is 10.5 Å². The number of hydrogen-bond donors (Lipinski definition) is 3. The van der Waals surface area contributed by atoms with Crippen LogP contribution in [0.1, 0.15) is 22.7 Å². The Labute approximate surface area is 167 Å². The molecule has 1 unspecified atom stereocenters. The molecule has 150 valence electrons. The van der Waals surface area contributed by atoms with E-state index in [1.54, 1.807) is 24.3 Å². The molecule has 2 aromatic rings. The van der Waals surface area contributed by atoms with Crippen molar-refractivity contribution in [1.82, 2.24) is 10.4 Å². The van der Waals surface area contributed by atoms with Gasteiger partial charge < -0.3 is 14.9 Å². The van der Waals surface area contributed by atoms with E-state index in [1.807, 2.05) is 30.3 Å². The Morgan fingerprint density at radius 3 is 2.55 bits per heavy atom. The van der Waals surface area contributed by atoms with Crippen molar-refractivity contribution >= 4 is 17.8 Å². The molecular formula is C21H20N2O6. The molecule has 1 aliphatic heterocycles. The van der Waals surface area contributed by atoms with Crippen molar-refractivity contribution in [3.05, 3.63) is 84.1 Å². The fourth-order valence-corrected chi connectivity index (χ4v) is 3.03. The number of amides is 1. The molecule has 8 heteroatoms. The van der Waals surface area contributed by atoms with Crippen LogP contribution in [0, 0.1) is 0 Å². The summed E-state index contributed by atoms with van der Waals surface area (Å²) >= 11 is 0. The molecule has 1 heterocycles. The van der Waals surface area contributed by atoms with Crippen molar-refractivity contribution < 1.29 is 29.4 Å². The number of benzene rings is 2. The van der Waals surface area contributed by atoms with E-state index < -0.39 is 18.1 Å². The van der Waals surface area contributed by atoms with Crippen molar-refractivity contribution in [3.63, 3.8) is 0 Å². The smallest absolute Gasteiger partial charge is 0.412 e. The quantitative estimate of drug-likeness (QED) is 0.464. The van der Waals surface area contributed by atoms with E-state index in [9.17, 15) is 19.8 Å². The SMILES string of the molecule is C=CCOc1cccc2c1C(NOCc1ccccc1)=CN(C(=O)O)C2C(=O)O. The minimum absolute atomic E-state index is 0.203. The molecule has 29 heavy (non-hydrogen) atoms. The van der Waals surface area contributed by atoms with E-state index in [1.165, 1.54) is 6.20 Å². The van der Waals surface area contributed by atoms with E-state index >= 15 is 0 Å². The number of carbonyl (C=O) groups is 2. The average molecular weight is 396 g/mol. The zero-order valence-corrected chi connectivity index (χ0v) is 15.4. The monoisotopic (exact) mass is 396 g/mol. The Morgan fingerprint density at radius 2 is 1.90 bits per heavy atom. The molecule has 0 fully saturated rings. The van der Waals surface area contributed by atoms with E-state index in [4.69, 9.17) is 9.57 Å². The molecule has 3 N–H and O–H groups in total. The third-order valence-electron chi connectivity index (χ3n) is 4.24. The third-order valence-corrected chi connectivity index (χ3v) is 4.24. The highest BCUT2D eigenvalue weighted by Gasteiger charge is 2.38. The second kappa shape index (κ2) is 8.94. The summed E-state index contributed by atoms with van der Waals surface area (Å²) in [6.07, 6.45) is 1.35. The molecule has 2 aromatic carbocycles. The maximum atomic E-state index is 11.8. The number of ether oxygens (including phenoxy) is 1. The Kier molecular flexibility index (Phi) is 6.16. The van der Waals surface area contributed by atoms with Gasteiger partial charge in [-0.1, -0.05) is 55.1 Å². The summed E-state index contributed by atoms with van der Waals surface area (Å²) in [5.41, 5.74) is 4.62. The molecule has 1 amide bonds. The van der Waals surface area contributed by atoms with Crippen molar-refractivity contribution in [3.8, 4) is 5.75 Å². The van der Waals surface area contributed by atoms with Crippen LogP contribution in [0.25, 0.3) is 5.70 Å². The molecule has 0 aromatic heterocycles. The molecule has 8 nitrogen and oxygen atoms in total. The minimum Gasteiger partial charge on any atom is -0.489 e. The maximum Gasteiger partial charge on any atom is 0.412 e. The average Bonchev–Trinajstić information content (AvgIpc) is 2.72. The summed E-state index contributed by atoms with van der Waals surface area (Å²) in [5, 5.41) is 19.2. The fourth-order valence-electron chi connectivity index (χ4n) is 3.03. The molecule has 0 saturated heterocycles. The van der Waals surface area contributed by atoms with Gasteiger partial charge in [-0.05, 0) is 17.2 Å². The van der Waals surface area contributed by atoms with Gasteiger partial charge in [-0.15, -0.1) is 0 Å². The Morgan fingerprint density at radius 1 is 1.14 bits per heavy atom. The Bertz CT molecular complexity index is 941. The summed E-state index contributed by atoms with van der Waals surface area (Å²) in [7, 11) is 0. The van der Waals surface area contributed by atoms with Crippen LogP contribution in [-0.4, -0.2) is 33.8 Å². The lowest BCUT2D eigenvalue weighted by molar-refractivity contribution is -0.142. The predicted octanol–water partition coefficient (Wildman–Crippen LogP) is 3.39. The van der Waals surface area contributed by atoms with Gasteiger partial charge in [0.05, 0.1) is 12.3 Å². The lowest BCUT2D eigenvalue weighted by atomic mass is 9.93. The lowest BCUT2D eigenvalue weighted by Crippen LogP contribution is -2.38. The minimum atomic E-state index is -1.41. The van der Waals surface area contributed by atoms with Crippen molar-refractivity contribution in [2.24, 2.45) is 0 Å². The van der Waals surface area contributed by atoms with Crippen LogP contribution in [0.5, 0.6) is 5.75 Å². The van der Waals surface area contributed by atoms with Crippen LogP contribution in [0.2, 0.25) is 0 Å². The first-order valence-corrected chi connectivity index (χ1v) is 8.77. The van der Waals surface area contributed by atoms with Crippen molar-refractivity contribution in [2.75, 3.05) is 6.61 Å². The molecule has 0 radical (unpaired) electrons. The van der Waals surface area contributed by atoms with Crippen molar-refractivity contribution in [2.45, 2.75) is 12.6 Å². The molecule has 0 aliphatic carbocycles. The zero-order valence-electron chi connectivity index (χ0n) is 15.4. The van der Waals surface area contributed by atoms with Gasteiger partial charge in [0.15, 0.2) is 6.04 Å². The van der Waals surface area contributed by atoms with Crippen LogP contribution in [0.3, 0.4) is 0 Å². The Balaban J connectivity index is 1.97. The summed E-state index contributed by atoms with van der Waals surface area (Å²) in [6, 6.07) is 12.8. The fraction of sp³-hybridized carbons (Fsp3) is 0.143. The van der Waals surface area contributed by atoms with Gasteiger partial charge in [0.25, 0.3) is 0 Å². The van der Waals surface area contributed by atoms with E-state index in [2.05, 4.69) is 12.1 Å². The number of hydroxylamine groups is 1. The number of carboxylic acid groups (broad SMARTS) is 2. The molecule has 0 spiro atoms. The second-order valence-electron chi connectivity index (χ2n) is 6.17. The first-order valence-electron chi connectivity index (χ1n) is 8.77. The van der Waals surface area contributed by atoms with Gasteiger partial charge in [-0.2, -0.15) is 0 Å². The maximum absolute atomic E-state index is 11.8. The summed E-state index contributed by atoms with van der Waals surface area (Å²) < 4.78 is 5.66. The highest BCUT2D eigenvalue weighted by molar-refractivity contribution is 5.88. The normalized spacial score (nSPS) is 15.1. The van der Waals surface area contributed by atoms with Gasteiger partial charge in [0, 0.05) is 11.8 Å². The number of carboxylic acids is 1. The summed E-state index contributed by atoms with van der Waals surface area (Å²) in [6.45, 7) is 4.03. The van der Waals surface area contributed by atoms with Gasteiger partial charge >= 0.3 is 12.1 Å².